The summed E-state index contributed by atoms with van der Waals surface area (Å²) < 4.78 is 28.5. The van der Waals surface area contributed by atoms with Crippen LogP contribution in [0.4, 0.5) is 14.6 Å². The number of phenols is 1. The predicted molar refractivity (Wildman–Crippen MR) is 80.4 cm³/mol. The molecule has 1 amide bonds. The fraction of sp³-hybridized carbons (Fsp3) is 0.267. The van der Waals surface area contributed by atoms with E-state index in [-0.39, 0.29) is 18.1 Å². The molecule has 0 aliphatic rings. The second-order valence-corrected chi connectivity index (χ2v) is 4.79. The number of hydrogen-bond donors (Lipinski definition) is 3. The number of carbonyl (C=O) groups is 1. The Labute approximate surface area is 135 Å². The molecule has 0 spiro atoms. The highest BCUT2D eigenvalue weighted by atomic mass is 19.3. The SMILES string of the molecule is N#CCCCC(=O)Nc1cc(-c2ccc(OC(F)F)c(O)c2)n[nH]1. The van der Waals surface area contributed by atoms with Gasteiger partial charge in [-0.1, -0.05) is 0 Å². The molecule has 0 aliphatic heterocycles. The molecule has 0 bridgehead atoms. The summed E-state index contributed by atoms with van der Waals surface area (Å²) in [5.74, 6) is -0.698. The maximum absolute atomic E-state index is 12.2. The van der Waals surface area contributed by atoms with Crippen LogP contribution < -0.4 is 10.1 Å². The van der Waals surface area contributed by atoms with Gasteiger partial charge in [-0.2, -0.15) is 19.1 Å². The molecule has 24 heavy (non-hydrogen) atoms. The Bertz CT molecular complexity index is 755. The van der Waals surface area contributed by atoms with Gasteiger partial charge in [0.15, 0.2) is 11.5 Å². The summed E-state index contributed by atoms with van der Waals surface area (Å²) in [4.78, 5) is 11.6. The Morgan fingerprint density at radius 2 is 2.25 bits per heavy atom. The Morgan fingerprint density at radius 1 is 1.46 bits per heavy atom. The van der Waals surface area contributed by atoms with Gasteiger partial charge < -0.3 is 15.2 Å². The molecule has 1 aromatic carbocycles. The lowest BCUT2D eigenvalue weighted by molar-refractivity contribution is -0.116. The number of aromatic nitrogens is 2. The Balaban J connectivity index is 2.04. The topological polar surface area (TPSA) is 111 Å². The summed E-state index contributed by atoms with van der Waals surface area (Å²) in [6.07, 6.45) is 0.971. The number of ether oxygens (including phenoxy) is 1. The molecular formula is C15H14F2N4O3. The summed E-state index contributed by atoms with van der Waals surface area (Å²) in [7, 11) is 0. The number of phenolic OH excluding ortho intramolecular Hbond substituents is 1. The van der Waals surface area contributed by atoms with Crippen molar-refractivity contribution in [1.82, 2.24) is 10.2 Å². The van der Waals surface area contributed by atoms with Crippen molar-refractivity contribution in [3.05, 3.63) is 24.3 Å². The zero-order valence-corrected chi connectivity index (χ0v) is 12.4. The van der Waals surface area contributed by atoms with Gasteiger partial charge in [0.25, 0.3) is 0 Å². The van der Waals surface area contributed by atoms with Gasteiger partial charge in [0.2, 0.25) is 5.91 Å². The van der Waals surface area contributed by atoms with Crippen LogP contribution in [0.3, 0.4) is 0 Å². The van der Waals surface area contributed by atoms with Crippen LogP contribution in [-0.4, -0.2) is 27.8 Å². The standard InChI is InChI=1S/C15H14F2N4O3/c16-15(17)24-12-5-4-9(7-11(12)22)10-8-13(21-20-10)19-14(23)3-1-2-6-18/h4-5,7-8,15,22H,1-3H2,(H2,19,20,21,23). The number of amides is 1. The molecule has 0 saturated carbocycles. The lowest BCUT2D eigenvalue weighted by atomic mass is 10.1. The molecule has 0 radical (unpaired) electrons. The van der Waals surface area contributed by atoms with E-state index in [9.17, 15) is 18.7 Å². The quantitative estimate of drug-likeness (QED) is 0.673. The zero-order valence-electron chi connectivity index (χ0n) is 12.4. The van der Waals surface area contributed by atoms with Crippen molar-refractivity contribution in [2.75, 3.05) is 5.32 Å². The van der Waals surface area contributed by atoms with Crippen molar-refractivity contribution < 1.29 is 23.4 Å². The lowest BCUT2D eigenvalue weighted by Gasteiger charge is -2.07. The first-order valence-electron chi connectivity index (χ1n) is 7.00. The van der Waals surface area contributed by atoms with E-state index >= 15 is 0 Å². The minimum atomic E-state index is -3.03. The number of H-pyrrole nitrogens is 1. The minimum absolute atomic E-state index is 0.211. The first-order chi connectivity index (χ1) is 11.5. The minimum Gasteiger partial charge on any atom is -0.504 e. The number of alkyl halides is 2. The number of unbranched alkanes of at least 4 members (excludes halogenated alkanes) is 1. The molecule has 0 aliphatic carbocycles. The third-order valence-corrected chi connectivity index (χ3v) is 3.02. The summed E-state index contributed by atoms with van der Waals surface area (Å²) in [5.41, 5.74) is 0.858. The molecule has 0 saturated heterocycles. The van der Waals surface area contributed by atoms with E-state index in [0.29, 0.717) is 29.9 Å². The first-order valence-corrected chi connectivity index (χ1v) is 7.00. The number of rotatable bonds is 7. The normalized spacial score (nSPS) is 10.4. The predicted octanol–water partition coefficient (Wildman–Crippen LogP) is 3.02. The number of benzene rings is 1. The van der Waals surface area contributed by atoms with Crippen molar-refractivity contribution in [3.63, 3.8) is 0 Å². The van der Waals surface area contributed by atoms with E-state index in [2.05, 4.69) is 20.3 Å². The van der Waals surface area contributed by atoms with Gasteiger partial charge in [-0.05, 0) is 24.6 Å². The van der Waals surface area contributed by atoms with E-state index in [1.807, 2.05) is 6.07 Å². The highest BCUT2D eigenvalue weighted by Gasteiger charge is 2.12. The van der Waals surface area contributed by atoms with E-state index < -0.39 is 12.4 Å². The van der Waals surface area contributed by atoms with Gasteiger partial charge in [-0.25, -0.2) is 0 Å². The van der Waals surface area contributed by atoms with Gasteiger partial charge in [-0.15, -0.1) is 0 Å². The van der Waals surface area contributed by atoms with Crippen LogP contribution in [0, 0.1) is 11.3 Å². The first kappa shape index (κ1) is 17.2. The summed E-state index contributed by atoms with van der Waals surface area (Å²) >= 11 is 0. The molecule has 3 N–H and O–H groups in total. The summed E-state index contributed by atoms with van der Waals surface area (Å²) in [6, 6.07) is 7.36. The molecule has 7 nitrogen and oxygen atoms in total. The van der Waals surface area contributed by atoms with E-state index in [1.165, 1.54) is 24.3 Å². The van der Waals surface area contributed by atoms with Gasteiger partial charge in [-0.3, -0.25) is 9.89 Å². The van der Waals surface area contributed by atoms with E-state index in [4.69, 9.17) is 5.26 Å². The largest absolute Gasteiger partial charge is 0.504 e. The monoisotopic (exact) mass is 336 g/mol. The van der Waals surface area contributed by atoms with Crippen LogP contribution in [0.1, 0.15) is 19.3 Å². The van der Waals surface area contributed by atoms with Crippen molar-refractivity contribution in [1.29, 1.82) is 5.26 Å². The molecule has 1 aromatic heterocycles. The second kappa shape index (κ2) is 7.92. The van der Waals surface area contributed by atoms with Gasteiger partial charge >= 0.3 is 6.61 Å². The van der Waals surface area contributed by atoms with Crippen LogP contribution in [-0.2, 0) is 4.79 Å². The third-order valence-electron chi connectivity index (χ3n) is 3.02. The van der Waals surface area contributed by atoms with E-state index in [1.54, 1.807) is 0 Å². The van der Waals surface area contributed by atoms with Gasteiger partial charge in [0.05, 0.1) is 11.8 Å². The Kier molecular flexibility index (Phi) is 5.68. The number of nitriles is 1. The van der Waals surface area contributed by atoms with Crippen LogP contribution in [0.15, 0.2) is 24.3 Å². The van der Waals surface area contributed by atoms with Crippen molar-refractivity contribution in [2.24, 2.45) is 0 Å². The highest BCUT2D eigenvalue weighted by molar-refractivity contribution is 5.90. The van der Waals surface area contributed by atoms with Crippen LogP contribution in [0.25, 0.3) is 11.3 Å². The number of nitrogens with one attached hydrogen (secondary N) is 2. The average Bonchev–Trinajstić information content (AvgIpc) is 2.97. The fourth-order valence-electron chi connectivity index (χ4n) is 1.95. The molecule has 0 fully saturated rings. The molecule has 1 heterocycles. The zero-order chi connectivity index (χ0) is 17.5. The molecule has 2 rings (SSSR count). The number of nitrogens with zero attached hydrogens (tertiary/aromatic N) is 2. The molecule has 2 aromatic rings. The van der Waals surface area contributed by atoms with Crippen molar-refractivity contribution in [2.45, 2.75) is 25.9 Å². The lowest BCUT2D eigenvalue weighted by Crippen LogP contribution is -2.11. The molecule has 0 unspecified atom stereocenters. The summed E-state index contributed by atoms with van der Waals surface area (Å²) in [6.45, 7) is -3.03. The average molecular weight is 336 g/mol. The Morgan fingerprint density at radius 3 is 2.92 bits per heavy atom. The molecular weight excluding hydrogens is 322 g/mol. The van der Waals surface area contributed by atoms with Crippen molar-refractivity contribution in [3.8, 4) is 28.8 Å². The second-order valence-electron chi connectivity index (χ2n) is 4.79. The third kappa shape index (κ3) is 4.67. The maximum atomic E-state index is 12.2. The molecule has 9 heteroatoms. The number of anilines is 1. The van der Waals surface area contributed by atoms with Crippen molar-refractivity contribution >= 4 is 11.7 Å². The highest BCUT2D eigenvalue weighted by Crippen LogP contribution is 2.32. The molecule has 126 valence electrons. The van der Waals surface area contributed by atoms with Crippen LogP contribution >= 0.6 is 0 Å². The van der Waals surface area contributed by atoms with E-state index in [0.717, 1.165) is 0 Å². The number of carbonyl (C=O) groups excluding carboxylic acids is 1. The number of hydrogen-bond acceptors (Lipinski definition) is 5. The number of halogens is 2. The summed E-state index contributed by atoms with van der Waals surface area (Å²) in [5, 5.41) is 27.3. The van der Waals surface area contributed by atoms with Crippen LogP contribution in [0.2, 0.25) is 0 Å². The van der Waals surface area contributed by atoms with Gasteiger partial charge in [0.1, 0.15) is 5.82 Å². The number of aromatic amines is 1. The smallest absolute Gasteiger partial charge is 0.387 e. The number of aromatic hydroxyl groups is 1. The van der Waals surface area contributed by atoms with Crippen LogP contribution in [0.5, 0.6) is 11.5 Å². The van der Waals surface area contributed by atoms with Gasteiger partial charge in [0, 0.05) is 24.5 Å². The Hall–Kier alpha value is -3.15. The fourth-order valence-corrected chi connectivity index (χ4v) is 1.95. The maximum Gasteiger partial charge on any atom is 0.387 e. The molecule has 0 atom stereocenters.